The van der Waals surface area contributed by atoms with Crippen molar-refractivity contribution in [3.05, 3.63) is 33.9 Å². The molecular weight excluding hydrogens is 256 g/mol. The summed E-state index contributed by atoms with van der Waals surface area (Å²) < 4.78 is 0. The van der Waals surface area contributed by atoms with E-state index in [1.54, 1.807) is 19.1 Å². The summed E-state index contributed by atoms with van der Waals surface area (Å²) in [4.78, 5) is 10.8. The van der Waals surface area contributed by atoms with Crippen molar-refractivity contribution in [3.8, 4) is 0 Å². The van der Waals surface area contributed by atoms with Crippen molar-refractivity contribution in [2.45, 2.75) is 32.6 Å². The number of anilines is 1. The summed E-state index contributed by atoms with van der Waals surface area (Å²) in [7, 11) is 0. The summed E-state index contributed by atoms with van der Waals surface area (Å²) in [5.74, 6) is 0.717. The van der Waals surface area contributed by atoms with Gasteiger partial charge in [-0.25, -0.2) is 0 Å². The van der Waals surface area contributed by atoms with Crippen molar-refractivity contribution < 1.29 is 10.0 Å². The predicted octanol–water partition coefficient (Wildman–Crippen LogP) is 3.11. The molecule has 1 aromatic rings. The molecule has 0 amide bonds. The first-order valence-corrected chi connectivity index (χ1v) is 7.22. The van der Waals surface area contributed by atoms with E-state index in [1.165, 1.54) is 12.8 Å². The maximum Gasteiger partial charge on any atom is 0.295 e. The van der Waals surface area contributed by atoms with Crippen LogP contribution in [0.25, 0.3) is 0 Å². The molecule has 5 heteroatoms. The maximum absolute atomic E-state index is 11.1. The number of aryl methyl sites for hydroxylation is 1. The highest BCUT2D eigenvalue weighted by Gasteiger charge is 2.25. The molecule has 1 aliphatic carbocycles. The predicted molar refractivity (Wildman–Crippen MR) is 78.9 cm³/mol. The van der Waals surface area contributed by atoms with Crippen LogP contribution in [0.3, 0.4) is 0 Å². The summed E-state index contributed by atoms with van der Waals surface area (Å²) in [5, 5.41) is 23.8. The average molecular weight is 278 g/mol. The normalized spacial score (nSPS) is 22.5. The van der Waals surface area contributed by atoms with Gasteiger partial charge in [0.15, 0.2) is 0 Å². The van der Waals surface area contributed by atoms with Crippen LogP contribution in [0.15, 0.2) is 18.2 Å². The van der Waals surface area contributed by atoms with Crippen LogP contribution in [0.5, 0.6) is 0 Å². The zero-order valence-electron chi connectivity index (χ0n) is 11.8. The Kier molecular flexibility index (Phi) is 4.95. The van der Waals surface area contributed by atoms with Gasteiger partial charge in [-0.15, -0.1) is 0 Å². The number of nitrogens with one attached hydrogen (secondary N) is 1. The van der Waals surface area contributed by atoms with Crippen molar-refractivity contribution in [2.75, 3.05) is 18.5 Å². The number of nitrogens with zero attached hydrogens (tertiary/aromatic N) is 1. The Morgan fingerprint density at radius 1 is 1.35 bits per heavy atom. The number of aliphatic hydroxyl groups excluding tert-OH is 1. The van der Waals surface area contributed by atoms with E-state index in [4.69, 9.17) is 0 Å². The first kappa shape index (κ1) is 14.8. The number of nitro benzene ring substituents is 1. The van der Waals surface area contributed by atoms with Gasteiger partial charge < -0.3 is 10.4 Å². The van der Waals surface area contributed by atoms with E-state index in [1.807, 2.05) is 6.07 Å². The molecule has 2 rings (SSSR count). The van der Waals surface area contributed by atoms with Crippen LogP contribution in [0, 0.1) is 28.9 Å². The van der Waals surface area contributed by atoms with Crippen LogP contribution in [0.1, 0.15) is 31.2 Å². The molecule has 1 fully saturated rings. The second-order valence-electron chi connectivity index (χ2n) is 5.60. The lowest BCUT2D eigenvalue weighted by molar-refractivity contribution is -0.384. The number of hydrogen-bond donors (Lipinski definition) is 2. The molecule has 2 atom stereocenters. The highest BCUT2D eigenvalue weighted by atomic mass is 16.6. The molecule has 0 bridgehead atoms. The van der Waals surface area contributed by atoms with Gasteiger partial charge >= 0.3 is 0 Å². The molecule has 0 saturated heterocycles. The smallest absolute Gasteiger partial charge is 0.295 e. The third kappa shape index (κ3) is 3.28. The molecule has 0 spiro atoms. The fraction of sp³-hybridized carbons (Fsp3) is 0.600. The van der Waals surface area contributed by atoms with Crippen molar-refractivity contribution in [3.63, 3.8) is 0 Å². The first-order chi connectivity index (χ1) is 9.63. The number of benzene rings is 1. The Bertz CT molecular complexity index is 476. The lowest BCUT2D eigenvalue weighted by Gasteiger charge is -2.30. The molecule has 1 aliphatic rings. The van der Waals surface area contributed by atoms with E-state index in [9.17, 15) is 15.2 Å². The molecule has 0 radical (unpaired) electrons. The largest absolute Gasteiger partial charge is 0.396 e. The summed E-state index contributed by atoms with van der Waals surface area (Å²) in [6.07, 6.45) is 4.49. The number of hydrogen-bond acceptors (Lipinski definition) is 4. The number of aliphatic hydroxyl groups is 1. The molecule has 1 saturated carbocycles. The van der Waals surface area contributed by atoms with E-state index in [0.717, 1.165) is 12.8 Å². The molecule has 0 aromatic heterocycles. The zero-order chi connectivity index (χ0) is 14.5. The van der Waals surface area contributed by atoms with E-state index in [2.05, 4.69) is 5.32 Å². The fourth-order valence-corrected chi connectivity index (χ4v) is 3.08. The average Bonchev–Trinajstić information content (AvgIpc) is 2.45. The SMILES string of the molecule is Cc1cccc(NCC2CCCCC2CO)c1[N+](=O)[O-]. The maximum atomic E-state index is 11.1. The molecule has 1 aromatic carbocycles. The Labute approximate surface area is 119 Å². The quantitative estimate of drug-likeness (QED) is 0.641. The molecule has 2 unspecified atom stereocenters. The lowest BCUT2D eigenvalue weighted by Crippen LogP contribution is -2.28. The summed E-state index contributed by atoms with van der Waals surface area (Å²) in [6, 6.07) is 5.33. The molecule has 20 heavy (non-hydrogen) atoms. The third-order valence-corrected chi connectivity index (χ3v) is 4.28. The Morgan fingerprint density at radius 2 is 2.05 bits per heavy atom. The summed E-state index contributed by atoms with van der Waals surface area (Å²) in [5.41, 5.74) is 1.41. The van der Waals surface area contributed by atoms with Crippen molar-refractivity contribution in [1.82, 2.24) is 0 Å². The van der Waals surface area contributed by atoms with Crippen molar-refractivity contribution in [2.24, 2.45) is 11.8 Å². The van der Waals surface area contributed by atoms with Crippen LogP contribution in [0.2, 0.25) is 0 Å². The van der Waals surface area contributed by atoms with Gasteiger partial charge in [-0.05, 0) is 37.7 Å². The minimum atomic E-state index is -0.331. The van der Waals surface area contributed by atoms with Gasteiger partial charge in [-0.2, -0.15) is 0 Å². The topological polar surface area (TPSA) is 75.4 Å². The zero-order valence-corrected chi connectivity index (χ0v) is 11.8. The number of nitro groups is 1. The fourth-order valence-electron chi connectivity index (χ4n) is 3.08. The monoisotopic (exact) mass is 278 g/mol. The van der Waals surface area contributed by atoms with E-state index in [-0.39, 0.29) is 17.2 Å². The van der Waals surface area contributed by atoms with Crippen LogP contribution < -0.4 is 5.32 Å². The lowest BCUT2D eigenvalue weighted by atomic mass is 9.79. The summed E-state index contributed by atoms with van der Waals surface area (Å²) >= 11 is 0. The standard InChI is InChI=1S/C15H22N2O3/c1-11-5-4-8-14(15(11)17(19)20)16-9-12-6-2-3-7-13(12)10-18/h4-5,8,12-13,16,18H,2-3,6-7,9-10H2,1H3. The van der Waals surface area contributed by atoms with Gasteiger partial charge in [-0.3, -0.25) is 10.1 Å². The highest BCUT2D eigenvalue weighted by molar-refractivity contribution is 5.65. The third-order valence-electron chi connectivity index (χ3n) is 4.28. The Morgan fingerprint density at radius 3 is 2.70 bits per heavy atom. The van der Waals surface area contributed by atoms with Crippen LogP contribution in [-0.4, -0.2) is 23.2 Å². The Hall–Kier alpha value is -1.62. The van der Waals surface area contributed by atoms with Crippen molar-refractivity contribution in [1.29, 1.82) is 0 Å². The van der Waals surface area contributed by atoms with E-state index >= 15 is 0 Å². The molecular formula is C15H22N2O3. The molecule has 5 nitrogen and oxygen atoms in total. The van der Waals surface area contributed by atoms with Gasteiger partial charge in [0.1, 0.15) is 5.69 Å². The van der Waals surface area contributed by atoms with Crippen LogP contribution in [-0.2, 0) is 0 Å². The van der Waals surface area contributed by atoms with Gasteiger partial charge in [0, 0.05) is 18.7 Å². The number of para-hydroxylation sites is 1. The second-order valence-corrected chi connectivity index (χ2v) is 5.60. The van der Waals surface area contributed by atoms with E-state index < -0.39 is 0 Å². The molecule has 2 N–H and O–H groups in total. The molecule has 0 aliphatic heterocycles. The van der Waals surface area contributed by atoms with Gasteiger partial charge in [0.05, 0.1) is 4.92 Å². The number of rotatable bonds is 5. The van der Waals surface area contributed by atoms with Crippen LogP contribution >= 0.6 is 0 Å². The van der Waals surface area contributed by atoms with E-state index in [0.29, 0.717) is 29.6 Å². The van der Waals surface area contributed by atoms with Crippen molar-refractivity contribution >= 4 is 11.4 Å². The van der Waals surface area contributed by atoms with Gasteiger partial charge in [0.2, 0.25) is 0 Å². The highest BCUT2D eigenvalue weighted by Crippen LogP contribution is 2.32. The minimum absolute atomic E-state index is 0.156. The van der Waals surface area contributed by atoms with Gasteiger partial charge in [-0.1, -0.05) is 25.0 Å². The second kappa shape index (κ2) is 6.70. The van der Waals surface area contributed by atoms with Crippen LogP contribution in [0.4, 0.5) is 11.4 Å². The molecule has 110 valence electrons. The minimum Gasteiger partial charge on any atom is -0.396 e. The molecule has 0 heterocycles. The Balaban J connectivity index is 2.07. The van der Waals surface area contributed by atoms with Gasteiger partial charge in [0.25, 0.3) is 5.69 Å². The first-order valence-electron chi connectivity index (χ1n) is 7.22. The summed E-state index contributed by atoms with van der Waals surface area (Å²) in [6.45, 7) is 2.65.